The summed E-state index contributed by atoms with van der Waals surface area (Å²) in [5.74, 6) is 0. The zero-order valence-corrected chi connectivity index (χ0v) is 28.0. The van der Waals surface area contributed by atoms with Crippen LogP contribution in [0.1, 0.15) is 0 Å². The summed E-state index contributed by atoms with van der Waals surface area (Å²) in [6, 6.07) is 63.5. The fourth-order valence-corrected chi connectivity index (χ4v) is 8.86. The van der Waals surface area contributed by atoms with E-state index in [1.54, 1.807) is 0 Å². The Kier molecular flexibility index (Phi) is 5.47. The van der Waals surface area contributed by atoms with Crippen molar-refractivity contribution >= 4 is 87.4 Å². The van der Waals surface area contributed by atoms with Crippen LogP contribution in [0.25, 0.3) is 104 Å². The minimum atomic E-state index is 0.891. The molecule has 0 saturated carbocycles. The summed E-state index contributed by atoms with van der Waals surface area (Å²) in [4.78, 5) is 0. The Bertz CT molecular complexity index is 3410. The van der Waals surface area contributed by atoms with E-state index in [0.29, 0.717) is 0 Å². The van der Waals surface area contributed by atoms with E-state index in [9.17, 15) is 0 Å². The fourth-order valence-electron chi connectivity index (χ4n) is 8.86. The van der Waals surface area contributed by atoms with Gasteiger partial charge in [-0.25, -0.2) is 0 Å². The molecule has 0 aliphatic heterocycles. The molecule has 0 bridgehead atoms. The summed E-state index contributed by atoms with van der Waals surface area (Å²) in [5.41, 5.74) is 12.3. The Hall–Kier alpha value is -7.04. The van der Waals surface area contributed by atoms with Crippen molar-refractivity contribution in [1.82, 2.24) is 13.7 Å². The fraction of sp³-hybridized carbons (Fsp3) is 0. The second-order valence-electron chi connectivity index (χ2n) is 13.7. The third-order valence-corrected chi connectivity index (χ3v) is 11.0. The first-order valence-electron chi connectivity index (χ1n) is 17.8. The van der Waals surface area contributed by atoms with Gasteiger partial charge in [-0.2, -0.15) is 0 Å². The number of nitrogens with zero attached hydrogens (tertiary/aromatic N) is 3. The molecular weight excluding hydrogens is 635 g/mol. The van der Waals surface area contributed by atoms with Crippen molar-refractivity contribution in [2.75, 3.05) is 0 Å². The normalized spacial score (nSPS) is 12.2. The van der Waals surface area contributed by atoms with Gasteiger partial charge in [-0.05, 0) is 66.7 Å². The van der Waals surface area contributed by atoms with Crippen LogP contribution < -0.4 is 0 Å². The molecule has 242 valence electrons. The van der Waals surface area contributed by atoms with Gasteiger partial charge in [-0.15, -0.1) is 0 Å². The minimum absolute atomic E-state index is 0.891. The molecule has 0 N–H and O–H groups in total. The molecular formula is C48H29N3O. The molecule has 8 aromatic carbocycles. The lowest BCUT2D eigenvalue weighted by Gasteiger charge is -2.12. The van der Waals surface area contributed by atoms with E-state index in [1.807, 2.05) is 12.1 Å². The molecule has 0 spiro atoms. The molecule has 4 heterocycles. The van der Waals surface area contributed by atoms with Gasteiger partial charge in [0.2, 0.25) is 0 Å². The first kappa shape index (κ1) is 27.7. The van der Waals surface area contributed by atoms with E-state index in [4.69, 9.17) is 4.42 Å². The molecule has 4 nitrogen and oxygen atoms in total. The third-order valence-electron chi connectivity index (χ3n) is 11.0. The summed E-state index contributed by atoms with van der Waals surface area (Å²) >= 11 is 0. The number of benzene rings is 8. The summed E-state index contributed by atoms with van der Waals surface area (Å²) in [6.07, 6.45) is 0. The van der Waals surface area contributed by atoms with Gasteiger partial charge in [-0.3, -0.25) is 0 Å². The SMILES string of the molecule is c1ccc(-n2c3ccccc3c3ccc(-n4c5ccccc5c5ccc6c(c7ccccc7n6-c6ccc7c(c6)oc6ccccc67)c54)cc32)cc1. The van der Waals surface area contributed by atoms with Crippen molar-refractivity contribution in [3.8, 4) is 17.1 Å². The predicted octanol–water partition coefficient (Wildman–Crippen LogP) is 12.9. The quantitative estimate of drug-likeness (QED) is 0.185. The zero-order chi connectivity index (χ0) is 33.9. The molecule has 52 heavy (non-hydrogen) atoms. The summed E-state index contributed by atoms with van der Waals surface area (Å²) in [6.45, 7) is 0. The second-order valence-corrected chi connectivity index (χ2v) is 13.7. The lowest BCUT2D eigenvalue weighted by Crippen LogP contribution is -1.97. The summed E-state index contributed by atoms with van der Waals surface area (Å²) < 4.78 is 13.7. The molecule has 12 aromatic rings. The molecule has 0 amide bonds. The average molecular weight is 664 g/mol. The Morgan fingerprint density at radius 3 is 1.60 bits per heavy atom. The van der Waals surface area contributed by atoms with E-state index in [0.717, 1.165) is 50.0 Å². The largest absolute Gasteiger partial charge is 0.456 e. The van der Waals surface area contributed by atoms with Gasteiger partial charge in [0, 0.05) is 66.2 Å². The first-order valence-corrected chi connectivity index (χ1v) is 17.8. The van der Waals surface area contributed by atoms with Crippen molar-refractivity contribution in [2.24, 2.45) is 0 Å². The monoisotopic (exact) mass is 663 g/mol. The van der Waals surface area contributed by atoms with Gasteiger partial charge < -0.3 is 18.1 Å². The maximum Gasteiger partial charge on any atom is 0.137 e. The van der Waals surface area contributed by atoms with Crippen LogP contribution in [0.4, 0.5) is 0 Å². The highest BCUT2D eigenvalue weighted by atomic mass is 16.3. The number of aromatic nitrogens is 3. The Balaban J connectivity index is 1.20. The number of furan rings is 1. The topological polar surface area (TPSA) is 27.9 Å². The number of para-hydroxylation sites is 5. The second kappa shape index (κ2) is 10.3. The summed E-state index contributed by atoms with van der Waals surface area (Å²) in [5, 5.41) is 9.69. The Labute approximate surface area is 297 Å². The van der Waals surface area contributed by atoms with Crippen LogP contribution in [0.3, 0.4) is 0 Å². The van der Waals surface area contributed by atoms with Crippen molar-refractivity contribution < 1.29 is 4.42 Å². The highest BCUT2D eigenvalue weighted by Gasteiger charge is 2.22. The highest BCUT2D eigenvalue weighted by Crippen LogP contribution is 2.43. The number of fused-ring (bicyclic) bond motifs is 13. The van der Waals surface area contributed by atoms with Crippen molar-refractivity contribution in [1.29, 1.82) is 0 Å². The molecule has 0 atom stereocenters. The first-order chi connectivity index (χ1) is 25.8. The van der Waals surface area contributed by atoms with Crippen molar-refractivity contribution in [3.05, 3.63) is 176 Å². The van der Waals surface area contributed by atoms with Crippen LogP contribution in [0.2, 0.25) is 0 Å². The van der Waals surface area contributed by atoms with Crippen LogP contribution in [-0.4, -0.2) is 13.7 Å². The molecule has 0 fully saturated rings. The van der Waals surface area contributed by atoms with Gasteiger partial charge in [-0.1, -0.05) is 103 Å². The van der Waals surface area contributed by atoms with Crippen LogP contribution in [0.15, 0.2) is 180 Å². The van der Waals surface area contributed by atoms with E-state index in [2.05, 4.69) is 177 Å². The standard InChI is InChI=1S/C48H29N3O/c1-2-12-30(13-3-1)49-40-18-8-4-14-33(40)35-24-22-31(28-44(35)49)51-41-19-9-5-15-34(41)38-26-27-43-47(48(38)51)39-17-6-10-20-42(39)50(43)32-23-25-37-36-16-7-11-21-45(36)52-46(37)29-32/h1-29H. The van der Waals surface area contributed by atoms with Crippen molar-refractivity contribution in [2.45, 2.75) is 0 Å². The van der Waals surface area contributed by atoms with Gasteiger partial charge in [0.05, 0.1) is 33.1 Å². The van der Waals surface area contributed by atoms with E-state index in [1.165, 1.54) is 54.4 Å². The van der Waals surface area contributed by atoms with Crippen LogP contribution in [-0.2, 0) is 0 Å². The van der Waals surface area contributed by atoms with E-state index in [-0.39, 0.29) is 0 Å². The molecule has 0 saturated heterocycles. The smallest absolute Gasteiger partial charge is 0.137 e. The molecule has 4 aromatic heterocycles. The molecule has 4 heteroatoms. The Morgan fingerprint density at radius 2 is 0.808 bits per heavy atom. The lowest BCUT2D eigenvalue weighted by atomic mass is 10.1. The minimum Gasteiger partial charge on any atom is -0.456 e. The lowest BCUT2D eigenvalue weighted by molar-refractivity contribution is 0.668. The van der Waals surface area contributed by atoms with Crippen LogP contribution >= 0.6 is 0 Å². The van der Waals surface area contributed by atoms with Crippen LogP contribution in [0, 0.1) is 0 Å². The average Bonchev–Trinajstić information content (AvgIpc) is 3.94. The molecule has 12 rings (SSSR count). The van der Waals surface area contributed by atoms with Crippen molar-refractivity contribution in [3.63, 3.8) is 0 Å². The third kappa shape index (κ3) is 3.65. The Morgan fingerprint density at radius 1 is 0.288 bits per heavy atom. The van der Waals surface area contributed by atoms with Gasteiger partial charge in [0.25, 0.3) is 0 Å². The maximum absolute atomic E-state index is 6.38. The van der Waals surface area contributed by atoms with Gasteiger partial charge >= 0.3 is 0 Å². The van der Waals surface area contributed by atoms with Gasteiger partial charge in [0.15, 0.2) is 0 Å². The summed E-state index contributed by atoms with van der Waals surface area (Å²) in [7, 11) is 0. The molecule has 0 aliphatic rings. The molecule has 0 radical (unpaired) electrons. The highest BCUT2D eigenvalue weighted by molar-refractivity contribution is 6.26. The molecule has 0 unspecified atom stereocenters. The number of hydrogen-bond donors (Lipinski definition) is 0. The maximum atomic E-state index is 6.38. The van der Waals surface area contributed by atoms with E-state index >= 15 is 0 Å². The predicted molar refractivity (Wildman–Crippen MR) is 217 cm³/mol. The van der Waals surface area contributed by atoms with E-state index < -0.39 is 0 Å². The van der Waals surface area contributed by atoms with Crippen LogP contribution in [0.5, 0.6) is 0 Å². The molecule has 0 aliphatic carbocycles. The number of rotatable bonds is 3. The number of hydrogen-bond acceptors (Lipinski definition) is 1. The van der Waals surface area contributed by atoms with Gasteiger partial charge in [0.1, 0.15) is 11.2 Å². The zero-order valence-electron chi connectivity index (χ0n) is 28.0.